The smallest absolute Gasteiger partial charge is 0.224 e. The minimum absolute atomic E-state index is 0.0116. The van der Waals surface area contributed by atoms with Gasteiger partial charge in [-0.15, -0.1) is 0 Å². The SMILES string of the molecule is CC/C(CNC(=O)C(C)C)=C(/CC)CC(=O)NC(C)C. The van der Waals surface area contributed by atoms with Crippen LogP contribution in [0.5, 0.6) is 0 Å². The fourth-order valence-corrected chi connectivity index (χ4v) is 1.96. The minimum Gasteiger partial charge on any atom is -0.354 e. The molecule has 0 radical (unpaired) electrons. The fraction of sp³-hybridized carbons (Fsp3) is 0.750. The first-order chi connectivity index (χ1) is 9.31. The van der Waals surface area contributed by atoms with Crippen LogP contribution in [0.25, 0.3) is 0 Å². The van der Waals surface area contributed by atoms with Crippen molar-refractivity contribution in [3.8, 4) is 0 Å². The Labute approximate surface area is 123 Å². The van der Waals surface area contributed by atoms with Crippen LogP contribution in [0.15, 0.2) is 11.1 Å². The van der Waals surface area contributed by atoms with Crippen LogP contribution < -0.4 is 10.6 Å². The second-order valence-corrected chi connectivity index (χ2v) is 5.69. The van der Waals surface area contributed by atoms with Crippen LogP contribution in [0.4, 0.5) is 0 Å². The maximum atomic E-state index is 11.9. The lowest BCUT2D eigenvalue weighted by Gasteiger charge is -2.16. The number of rotatable bonds is 8. The summed E-state index contributed by atoms with van der Waals surface area (Å²) >= 11 is 0. The standard InChI is InChI=1S/C16H30N2O2/c1-7-13(9-15(19)18-12(5)6)14(8-2)10-17-16(20)11(3)4/h11-12H,7-10H2,1-6H3,(H,17,20)(H,18,19)/b14-13+. The zero-order valence-electron chi connectivity index (χ0n) is 13.8. The van der Waals surface area contributed by atoms with Crippen molar-refractivity contribution in [1.82, 2.24) is 10.6 Å². The van der Waals surface area contributed by atoms with Gasteiger partial charge in [-0.2, -0.15) is 0 Å². The van der Waals surface area contributed by atoms with Crippen LogP contribution in [-0.2, 0) is 9.59 Å². The summed E-state index contributed by atoms with van der Waals surface area (Å²) in [6.45, 7) is 12.3. The fourth-order valence-electron chi connectivity index (χ4n) is 1.96. The summed E-state index contributed by atoms with van der Waals surface area (Å²) in [4.78, 5) is 23.5. The Kier molecular flexibility index (Phi) is 8.93. The van der Waals surface area contributed by atoms with Crippen molar-refractivity contribution in [2.75, 3.05) is 6.54 Å². The Morgan fingerprint density at radius 3 is 1.90 bits per heavy atom. The van der Waals surface area contributed by atoms with Crippen molar-refractivity contribution < 1.29 is 9.59 Å². The van der Waals surface area contributed by atoms with Gasteiger partial charge in [-0.1, -0.05) is 38.8 Å². The molecule has 0 saturated heterocycles. The van der Waals surface area contributed by atoms with E-state index < -0.39 is 0 Å². The molecule has 2 N–H and O–H groups in total. The molecule has 0 heterocycles. The van der Waals surface area contributed by atoms with E-state index >= 15 is 0 Å². The Morgan fingerprint density at radius 2 is 1.50 bits per heavy atom. The lowest BCUT2D eigenvalue weighted by Crippen LogP contribution is -2.32. The van der Waals surface area contributed by atoms with Crippen LogP contribution in [0.3, 0.4) is 0 Å². The van der Waals surface area contributed by atoms with Gasteiger partial charge in [-0.25, -0.2) is 0 Å². The molecule has 0 aromatic rings. The van der Waals surface area contributed by atoms with Crippen molar-refractivity contribution in [2.24, 2.45) is 5.92 Å². The summed E-state index contributed by atoms with van der Waals surface area (Å²) in [6, 6.07) is 0.159. The van der Waals surface area contributed by atoms with Crippen LogP contribution in [0, 0.1) is 5.92 Å². The maximum Gasteiger partial charge on any atom is 0.224 e. The van der Waals surface area contributed by atoms with Crippen molar-refractivity contribution in [1.29, 1.82) is 0 Å². The summed E-state index contributed by atoms with van der Waals surface area (Å²) in [5, 5.41) is 5.84. The normalized spacial score (nSPS) is 12.4. The van der Waals surface area contributed by atoms with Gasteiger partial charge in [0.2, 0.25) is 11.8 Å². The number of carbonyl (C=O) groups is 2. The molecule has 0 spiro atoms. The minimum atomic E-state index is -0.0116. The molecule has 2 amide bonds. The van der Waals surface area contributed by atoms with Gasteiger partial charge in [0.25, 0.3) is 0 Å². The first kappa shape index (κ1) is 18.7. The first-order valence-corrected chi connectivity index (χ1v) is 7.58. The van der Waals surface area contributed by atoms with E-state index in [2.05, 4.69) is 24.5 Å². The first-order valence-electron chi connectivity index (χ1n) is 7.58. The Balaban J connectivity index is 4.72. The van der Waals surface area contributed by atoms with E-state index in [9.17, 15) is 9.59 Å². The second kappa shape index (κ2) is 9.56. The van der Waals surface area contributed by atoms with E-state index in [-0.39, 0.29) is 23.8 Å². The Hall–Kier alpha value is -1.32. The second-order valence-electron chi connectivity index (χ2n) is 5.69. The highest BCUT2D eigenvalue weighted by Gasteiger charge is 2.12. The molecule has 0 bridgehead atoms. The molecule has 0 atom stereocenters. The number of hydrogen-bond acceptors (Lipinski definition) is 2. The van der Waals surface area contributed by atoms with Crippen LogP contribution in [0.2, 0.25) is 0 Å². The Morgan fingerprint density at radius 1 is 0.950 bits per heavy atom. The largest absolute Gasteiger partial charge is 0.354 e. The average Bonchev–Trinajstić information content (AvgIpc) is 2.36. The maximum absolute atomic E-state index is 11.9. The molecule has 0 unspecified atom stereocenters. The highest BCUT2D eigenvalue weighted by atomic mass is 16.2. The highest BCUT2D eigenvalue weighted by Crippen LogP contribution is 2.16. The van der Waals surface area contributed by atoms with Crippen LogP contribution >= 0.6 is 0 Å². The molecule has 0 aromatic heterocycles. The molecule has 0 aliphatic carbocycles. The van der Waals surface area contributed by atoms with Crippen molar-refractivity contribution in [3.63, 3.8) is 0 Å². The molecule has 0 saturated carbocycles. The van der Waals surface area contributed by atoms with Crippen molar-refractivity contribution in [3.05, 3.63) is 11.1 Å². The molecule has 4 nitrogen and oxygen atoms in total. The van der Waals surface area contributed by atoms with E-state index in [0.29, 0.717) is 13.0 Å². The number of amides is 2. The number of carbonyl (C=O) groups excluding carboxylic acids is 2. The lowest BCUT2D eigenvalue weighted by atomic mass is 9.99. The van der Waals surface area contributed by atoms with Crippen molar-refractivity contribution >= 4 is 11.8 Å². The predicted molar refractivity (Wildman–Crippen MR) is 83.4 cm³/mol. The molecule has 4 heteroatoms. The zero-order chi connectivity index (χ0) is 15.7. The van der Waals surface area contributed by atoms with Gasteiger partial charge in [0.15, 0.2) is 0 Å². The van der Waals surface area contributed by atoms with Gasteiger partial charge in [0.05, 0.1) is 0 Å². The van der Waals surface area contributed by atoms with Gasteiger partial charge < -0.3 is 10.6 Å². The average molecular weight is 282 g/mol. The topological polar surface area (TPSA) is 58.2 Å². The predicted octanol–water partition coefficient (Wildman–Crippen LogP) is 2.79. The third-order valence-electron chi connectivity index (χ3n) is 3.18. The van der Waals surface area contributed by atoms with Gasteiger partial charge in [0.1, 0.15) is 0 Å². The van der Waals surface area contributed by atoms with E-state index in [1.807, 2.05) is 27.7 Å². The summed E-state index contributed by atoms with van der Waals surface area (Å²) < 4.78 is 0. The molecule has 0 aliphatic heterocycles. The summed E-state index contributed by atoms with van der Waals surface area (Å²) in [5.41, 5.74) is 2.30. The highest BCUT2D eigenvalue weighted by molar-refractivity contribution is 5.79. The summed E-state index contributed by atoms with van der Waals surface area (Å²) in [6.07, 6.45) is 2.12. The third kappa shape index (κ3) is 7.31. The molecule has 0 aromatic carbocycles. The molecule has 0 rings (SSSR count). The zero-order valence-corrected chi connectivity index (χ0v) is 13.8. The summed E-state index contributed by atoms with van der Waals surface area (Å²) in [7, 11) is 0. The molecule has 116 valence electrons. The molecule has 0 aliphatic rings. The van der Waals surface area contributed by atoms with Gasteiger partial charge in [-0.05, 0) is 26.7 Å². The molecule has 20 heavy (non-hydrogen) atoms. The number of nitrogens with one attached hydrogen (secondary N) is 2. The van der Waals surface area contributed by atoms with E-state index in [1.165, 1.54) is 5.57 Å². The molecular formula is C16H30N2O2. The summed E-state index contributed by atoms with van der Waals surface area (Å²) in [5.74, 6) is 0.0958. The lowest BCUT2D eigenvalue weighted by molar-refractivity contribution is -0.123. The monoisotopic (exact) mass is 282 g/mol. The van der Waals surface area contributed by atoms with E-state index in [1.54, 1.807) is 0 Å². The third-order valence-corrected chi connectivity index (χ3v) is 3.18. The van der Waals surface area contributed by atoms with Crippen LogP contribution in [-0.4, -0.2) is 24.4 Å². The number of hydrogen-bond donors (Lipinski definition) is 2. The van der Waals surface area contributed by atoms with Crippen molar-refractivity contribution in [2.45, 2.75) is 66.8 Å². The van der Waals surface area contributed by atoms with E-state index in [0.717, 1.165) is 18.4 Å². The Bertz CT molecular complexity index is 357. The van der Waals surface area contributed by atoms with E-state index in [4.69, 9.17) is 0 Å². The van der Waals surface area contributed by atoms with Gasteiger partial charge in [-0.3, -0.25) is 9.59 Å². The quantitative estimate of drug-likeness (QED) is 0.673. The van der Waals surface area contributed by atoms with Gasteiger partial charge in [0, 0.05) is 24.9 Å². The van der Waals surface area contributed by atoms with Crippen LogP contribution in [0.1, 0.15) is 60.8 Å². The van der Waals surface area contributed by atoms with Gasteiger partial charge >= 0.3 is 0 Å². The molecule has 0 fully saturated rings. The molecular weight excluding hydrogens is 252 g/mol.